The monoisotopic (exact) mass is 440 g/mol. The van der Waals surface area contributed by atoms with Crippen LogP contribution in [0.2, 0.25) is 0 Å². The number of aldehydes is 2. The second-order valence-electron chi connectivity index (χ2n) is 9.10. The van der Waals surface area contributed by atoms with Crippen LogP contribution in [0.3, 0.4) is 0 Å². The first-order chi connectivity index (χ1) is 16.1. The van der Waals surface area contributed by atoms with E-state index in [1.807, 2.05) is 18.9 Å². The van der Waals surface area contributed by atoms with Gasteiger partial charge in [0.2, 0.25) is 0 Å². The molecule has 2 unspecified atom stereocenters. The molecule has 0 saturated heterocycles. The van der Waals surface area contributed by atoms with E-state index in [1.165, 1.54) is 35.1 Å². The van der Waals surface area contributed by atoms with Crippen molar-refractivity contribution in [2.75, 3.05) is 0 Å². The number of hydrogen-bond donors (Lipinski definition) is 0. The summed E-state index contributed by atoms with van der Waals surface area (Å²) in [6.07, 6.45) is 11.5. The van der Waals surface area contributed by atoms with Crippen LogP contribution in [0.4, 0.5) is 0 Å². The average Bonchev–Trinajstić information content (AvgIpc) is 3.66. The largest absolute Gasteiger partial charge is 0.307 e. The van der Waals surface area contributed by atoms with E-state index in [2.05, 4.69) is 68.1 Å². The topological polar surface area (TPSA) is 51.2 Å². The van der Waals surface area contributed by atoms with Gasteiger partial charge in [-0.05, 0) is 61.1 Å². The number of rotatable bonds is 9. The first-order valence-electron chi connectivity index (χ1n) is 11.4. The Labute approximate surface area is 196 Å². The van der Waals surface area contributed by atoms with Gasteiger partial charge in [-0.25, -0.2) is 0 Å². The highest BCUT2D eigenvalue weighted by molar-refractivity contribution is 5.79. The van der Waals surface area contributed by atoms with Gasteiger partial charge in [0.25, 0.3) is 0 Å². The van der Waals surface area contributed by atoms with Crippen LogP contribution < -0.4 is 0 Å². The Morgan fingerprint density at radius 1 is 1.06 bits per heavy atom. The molecule has 2 aliphatic rings. The Morgan fingerprint density at radius 2 is 1.73 bits per heavy atom. The van der Waals surface area contributed by atoms with Gasteiger partial charge < -0.3 is 9.59 Å². The lowest BCUT2D eigenvalue weighted by Crippen LogP contribution is -2.27. The third-order valence-corrected chi connectivity index (χ3v) is 7.12. The molecule has 2 aliphatic carbocycles. The summed E-state index contributed by atoms with van der Waals surface area (Å²) in [6.45, 7) is 8.78. The van der Waals surface area contributed by atoms with Crippen LogP contribution in [0.15, 0.2) is 90.6 Å². The Kier molecular flexibility index (Phi) is 8.11. The standard InChI is InChI=1S/C29H30O2.CH2O/c1-21-8-6-7-11-27(21)29(14-15-29)28(18-23-9-4-3-5-10-23)22(2)16-25-13-12-24(19-30)17-26(25)20-31;1-2/h3-13,17,19-20,25-26,28H,2,14-16,18H2,1H3;1H2/t25-,26?,28?;/m1./s1. The summed E-state index contributed by atoms with van der Waals surface area (Å²) in [5.74, 6) is 0.0979. The first kappa shape index (κ1) is 24.3. The van der Waals surface area contributed by atoms with Gasteiger partial charge in [0.1, 0.15) is 19.4 Å². The Bertz CT molecular complexity index is 1040. The number of benzene rings is 2. The molecule has 0 aromatic heterocycles. The molecular formula is C30H32O3. The lowest BCUT2D eigenvalue weighted by Gasteiger charge is -2.33. The van der Waals surface area contributed by atoms with Gasteiger partial charge in [-0.15, -0.1) is 0 Å². The Balaban J connectivity index is 0.00000149. The van der Waals surface area contributed by atoms with Gasteiger partial charge in [-0.1, -0.05) is 85.0 Å². The number of hydrogen-bond acceptors (Lipinski definition) is 3. The minimum absolute atomic E-state index is 0.0552. The van der Waals surface area contributed by atoms with Gasteiger partial charge >= 0.3 is 0 Å². The number of carbonyl (C=O) groups excluding carboxylic acids is 3. The van der Waals surface area contributed by atoms with Gasteiger partial charge in [0.15, 0.2) is 0 Å². The van der Waals surface area contributed by atoms with Crippen molar-refractivity contribution < 1.29 is 14.4 Å². The molecule has 0 N–H and O–H groups in total. The molecule has 170 valence electrons. The van der Waals surface area contributed by atoms with Gasteiger partial charge in [0.05, 0.1) is 0 Å². The van der Waals surface area contributed by atoms with Gasteiger partial charge in [-0.2, -0.15) is 0 Å². The molecular weight excluding hydrogens is 408 g/mol. The third kappa shape index (κ3) is 5.36. The summed E-state index contributed by atoms with van der Waals surface area (Å²) in [5, 5.41) is 0. The predicted molar refractivity (Wildman–Crippen MR) is 133 cm³/mol. The lowest BCUT2D eigenvalue weighted by molar-refractivity contribution is -0.110. The summed E-state index contributed by atoms with van der Waals surface area (Å²) < 4.78 is 0. The SMILES string of the molecule is C=C(C[C@H]1C=CC(C=O)=CC1C=O)C(Cc1ccccc1)C1(c2ccccc2C)CC1.C=O. The molecule has 3 nitrogen and oxygen atoms in total. The summed E-state index contributed by atoms with van der Waals surface area (Å²) in [6, 6.07) is 19.4. The second-order valence-corrected chi connectivity index (χ2v) is 9.10. The molecule has 0 radical (unpaired) electrons. The first-order valence-corrected chi connectivity index (χ1v) is 11.4. The van der Waals surface area contributed by atoms with E-state index in [1.54, 1.807) is 6.08 Å². The third-order valence-electron chi connectivity index (χ3n) is 7.12. The van der Waals surface area contributed by atoms with Crippen LogP contribution in [-0.4, -0.2) is 19.4 Å². The van der Waals surface area contributed by atoms with E-state index in [-0.39, 0.29) is 17.3 Å². The molecule has 0 heterocycles. The number of aryl methyl sites for hydroxylation is 1. The van der Waals surface area contributed by atoms with E-state index in [0.29, 0.717) is 11.5 Å². The van der Waals surface area contributed by atoms with Crippen LogP contribution in [-0.2, 0) is 26.2 Å². The quantitative estimate of drug-likeness (QED) is 0.367. The van der Waals surface area contributed by atoms with E-state index in [9.17, 15) is 9.59 Å². The van der Waals surface area contributed by atoms with Crippen molar-refractivity contribution in [3.63, 3.8) is 0 Å². The zero-order chi connectivity index (χ0) is 23.8. The van der Waals surface area contributed by atoms with Crippen molar-refractivity contribution in [2.45, 2.75) is 38.0 Å². The second kappa shape index (κ2) is 11.0. The fourth-order valence-corrected chi connectivity index (χ4v) is 5.28. The maximum absolute atomic E-state index is 11.7. The number of carbonyl (C=O) groups is 3. The van der Waals surface area contributed by atoms with Crippen molar-refractivity contribution in [3.8, 4) is 0 Å². The Hall–Kier alpha value is -3.33. The van der Waals surface area contributed by atoms with Crippen LogP contribution in [0.1, 0.15) is 36.0 Å². The van der Waals surface area contributed by atoms with Crippen LogP contribution >= 0.6 is 0 Å². The molecule has 2 aromatic carbocycles. The summed E-state index contributed by atoms with van der Waals surface area (Å²) in [4.78, 5) is 30.9. The smallest absolute Gasteiger partial charge is 0.149 e. The van der Waals surface area contributed by atoms with Gasteiger partial charge in [0, 0.05) is 16.9 Å². The molecule has 3 atom stereocenters. The van der Waals surface area contributed by atoms with E-state index in [4.69, 9.17) is 4.79 Å². The highest BCUT2D eigenvalue weighted by atomic mass is 16.1. The average molecular weight is 441 g/mol. The highest BCUT2D eigenvalue weighted by Gasteiger charge is 2.51. The molecule has 4 rings (SSSR count). The van der Waals surface area contributed by atoms with Crippen LogP contribution in [0.25, 0.3) is 0 Å². The summed E-state index contributed by atoms with van der Waals surface area (Å²) in [5.41, 5.74) is 6.01. The minimum Gasteiger partial charge on any atom is -0.307 e. The summed E-state index contributed by atoms with van der Waals surface area (Å²) >= 11 is 0. The van der Waals surface area contributed by atoms with Crippen molar-refractivity contribution >= 4 is 19.4 Å². The lowest BCUT2D eigenvalue weighted by atomic mass is 9.71. The zero-order valence-corrected chi connectivity index (χ0v) is 19.3. The molecule has 0 spiro atoms. The minimum atomic E-state index is -0.270. The molecule has 1 fully saturated rings. The summed E-state index contributed by atoms with van der Waals surface area (Å²) in [7, 11) is 0. The zero-order valence-electron chi connectivity index (χ0n) is 19.3. The fraction of sp³-hybridized carbons (Fsp3) is 0.300. The van der Waals surface area contributed by atoms with Crippen LogP contribution in [0, 0.1) is 24.7 Å². The number of allylic oxidation sites excluding steroid dienone is 5. The molecule has 0 aliphatic heterocycles. The molecule has 2 aromatic rings. The molecule has 1 saturated carbocycles. The molecule has 0 amide bonds. The fourth-order valence-electron chi connectivity index (χ4n) is 5.28. The molecule has 0 bridgehead atoms. The normalized spacial score (nSPS) is 21.1. The van der Waals surface area contributed by atoms with E-state index < -0.39 is 0 Å². The Morgan fingerprint density at radius 3 is 2.33 bits per heavy atom. The van der Waals surface area contributed by atoms with E-state index >= 15 is 0 Å². The van der Waals surface area contributed by atoms with Crippen molar-refractivity contribution in [1.82, 2.24) is 0 Å². The van der Waals surface area contributed by atoms with Crippen molar-refractivity contribution in [2.24, 2.45) is 17.8 Å². The highest BCUT2D eigenvalue weighted by Crippen LogP contribution is 2.58. The van der Waals surface area contributed by atoms with Crippen LogP contribution in [0.5, 0.6) is 0 Å². The molecule has 33 heavy (non-hydrogen) atoms. The molecule has 3 heteroatoms. The van der Waals surface area contributed by atoms with Crippen molar-refractivity contribution in [3.05, 3.63) is 107 Å². The van der Waals surface area contributed by atoms with Crippen molar-refractivity contribution in [1.29, 1.82) is 0 Å². The van der Waals surface area contributed by atoms with Gasteiger partial charge in [-0.3, -0.25) is 4.79 Å². The maximum atomic E-state index is 11.7. The van der Waals surface area contributed by atoms with E-state index in [0.717, 1.165) is 25.4 Å². The predicted octanol–water partition coefficient (Wildman–Crippen LogP) is 5.77. The maximum Gasteiger partial charge on any atom is 0.149 e.